The number of ether oxygens (including phenoxy) is 4. The Kier molecular flexibility index (Phi) is 12.1. The molecule has 4 aliphatic carbocycles. The predicted octanol–water partition coefficient (Wildman–Crippen LogP) is 5.15. The molecular formula is C44H55NO14S. The summed E-state index contributed by atoms with van der Waals surface area (Å²) in [7, 11) is 0. The number of benzene rings is 1. The van der Waals surface area contributed by atoms with Crippen LogP contribution in [-0.4, -0.2) is 96.7 Å². The Labute approximate surface area is 352 Å². The van der Waals surface area contributed by atoms with Gasteiger partial charge in [-0.15, -0.1) is 0 Å². The molecule has 6 rings (SSSR count). The third-order valence-electron chi connectivity index (χ3n) is 13.1. The van der Waals surface area contributed by atoms with Crippen LogP contribution in [0.3, 0.4) is 0 Å². The van der Waals surface area contributed by atoms with Crippen LogP contribution in [0, 0.1) is 22.7 Å². The highest BCUT2D eigenvalue weighted by Crippen LogP contribution is 2.67. The molecule has 15 nitrogen and oxygen atoms in total. The van der Waals surface area contributed by atoms with E-state index in [2.05, 4.69) is 5.32 Å². The van der Waals surface area contributed by atoms with E-state index in [0.29, 0.717) is 6.42 Å². The average molecular weight is 854 g/mol. The Bertz CT molecular complexity index is 2060. The zero-order chi connectivity index (χ0) is 44.3. The van der Waals surface area contributed by atoms with E-state index in [-0.39, 0.29) is 35.3 Å². The number of carbonyl (C=O) groups excluding carboxylic acids is 6. The van der Waals surface area contributed by atoms with Crippen LogP contribution in [0.15, 0.2) is 64.3 Å². The van der Waals surface area contributed by atoms with Gasteiger partial charge in [0.15, 0.2) is 18.0 Å². The van der Waals surface area contributed by atoms with Crippen molar-refractivity contribution in [3.05, 3.63) is 71.2 Å². The highest BCUT2D eigenvalue weighted by Gasteiger charge is 2.77. The van der Waals surface area contributed by atoms with Crippen molar-refractivity contribution < 1.29 is 67.5 Å². The number of hydrogen-bond donors (Lipinski definition) is 4. The number of rotatable bonds is 9. The van der Waals surface area contributed by atoms with Gasteiger partial charge in [-0.3, -0.25) is 19.2 Å². The molecule has 2 bridgehead atoms. The number of esters is 4. The zero-order valence-electron chi connectivity index (χ0n) is 35.3. The Morgan fingerprint density at radius 2 is 1.63 bits per heavy atom. The second-order valence-electron chi connectivity index (χ2n) is 18.2. The summed E-state index contributed by atoms with van der Waals surface area (Å²) in [6.45, 7) is 13.9. The number of aliphatic hydroxyl groups is 3. The summed E-state index contributed by atoms with van der Waals surface area (Å²) in [4.78, 5) is 82.9. The average Bonchev–Trinajstić information content (AvgIpc) is 3.69. The van der Waals surface area contributed by atoms with Crippen LogP contribution in [0.2, 0.25) is 0 Å². The van der Waals surface area contributed by atoms with E-state index in [4.69, 9.17) is 23.4 Å². The smallest absolute Gasteiger partial charge is 0.338 e. The van der Waals surface area contributed by atoms with E-state index < -0.39 is 116 Å². The number of aliphatic hydroxyl groups excluding tert-OH is 2. The van der Waals surface area contributed by atoms with Gasteiger partial charge in [-0.05, 0) is 68.5 Å². The lowest BCUT2D eigenvalue weighted by Gasteiger charge is -2.68. The summed E-state index contributed by atoms with van der Waals surface area (Å²) in [5.41, 5.74) is -7.18. The quantitative estimate of drug-likeness (QED) is 0.145. The molecule has 1 amide bonds. The molecule has 4 N–H and O–H groups in total. The van der Waals surface area contributed by atoms with Gasteiger partial charge < -0.3 is 44.0 Å². The molecule has 0 saturated heterocycles. The molecule has 0 spiro atoms. The number of amides is 1. The van der Waals surface area contributed by atoms with Crippen molar-refractivity contribution >= 4 is 46.7 Å². The predicted molar refractivity (Wildman–Crippen MR) is 215 cm³/mol. The van der Waals surface area contributed by atoms with Crippen LogP contribution in [0.25, 0.3) is 0 Å². The Balaban J connectivity index is 1.54. The number of Topliss-reactive ketones (excluding diaryl/α,β-unsaturated/α-hetero) is 1. The normalized spacial score (nSPS) is 33.0. The fourth-order valence-electron chi connectivity index (χ4n) is 10.1. The minimum absolute atomic E-state index is 0.0117. The summed E-state index contributed by atoms with van der Waals surface area (Å²) < 4.78 is 29.5. The molecule has 11 atom stereocenters. The van der Waals surface area contributed by atoms with Gasteiger partial charge in [-0.25, -0.2) is 9.59 Å². The molecule has 1 aromatic heterocycles. The van der Waals surface area contributed by atoms with Crippen molar-refractivity contribution in [2.75, 3.05) is 0 Å². The van der Waals surface area contributed by atoms with Gasteiger partial charge in [0.1, 0.15) is 35.2 Å². The number of nitrogens with one attached hydrogen (secondary N) is 1. The Morgan fingerprint density at radius 3 is 2.18 bits per heavy atom. The van der Waals surface area contributed by atoms with Crippen LogP contribution in [0.1, 0.15) is 110 Å². The molecule has 2 aromatic rings. The van der Waals surface area contributed by atoms with Gasteiger partial charge in [0.25, 0.3) is 5.24 Å². The van der Waals surface area contributed by atoms with E-state index in [1.54, 1.807) is 32.0 Å². The minimum Gasteiger partial charge on any atom is -0.467 e. The summed E-state index contributed by atoms with van der Waals surface area (Å²) >= 11 is 0.928. The summed E-state index contributed by atoms with van der Waals surface area (Å²) in [5.74, 6) is -6.44. The van der Waals surface area contributed by atoms with Crippen molar-refractivity contribution in [2.24, 2.45) is 22.7 Å². The van der Waals surface area contributed by atoms with E-state index in [1.165, 1.54) is 51.3 Å². The first-order valence-corrected chi connectivity index (χ1v) is 20.9. The van der Waals surface area contributed by atoms with Crippen LogP contribution in [0.5, 0.6) is 0 Å². The van der Waals surface area contributed by atoms with Gasteiger partial charge in [0.05, 0.1) is 29.3 Å². The fourth-order valence-corrected chi connectivity index (χ4v) is 10.9. The highest BCUT2D eigenvalue weighted by molar-refractivity contribution is 8.14. The first-order chi connectivity index (χ1) is 27.9. The second kappa shape index (κ2) is 16.1. The molecule has 0 radical (unpaired) electrons. The van der Waals surface area contributed by atoms with E-state index in [0.717, 1.165) is 18.7 Å². The number of furan rings is 1. The Morgan fingerprint density at radius 1 is 0.967 bits per heavy atom. The van der Waals surface area contributed by atoms with Crippen LogP contribution in [0.4, 0.5) is 4.79 Å². The number of thioether (sulfide) groups is 1. The maximum absolute atomic E-state index is 15.5. The van der Waals surface area contributed by atoms with Gasteiger partial charge in [0, 0.05) is 36.3 Å². The van der Waals surface area contributed by atoms with Gasteiger partial charge in [-0.1, -0.05) is 64.6 Å². The lowest BCUT2D eigenvalue weighted by atomic mass is 9.41. The molecular weight excluding hydrogens is 799 g/mol. The Hall–Kier alpha value is -4.51. The number of ketones is 1. The van der Waals surface area contributed by atoms with Crippen LogP contribution >= 0.6 is 11.8 Å². The molecule has 4 aliphatic rings. The topological polar surface area (TPSA) is 225 Å². The summed E-state index contributed by atoms with van der Waals surface area (Å²) in [5, 5.41) is 39.4. The molecule has 60 heavy (non-hydrogen) atoms. The molecule has 0 aliphatic heterocycles. The molecule has 326 valence electrons. The third-order valence-corrected chi connectivity index (χ3v) is 14.0. The molecule has 3 saturated carbocycles. The van der Waals surface area contributed by atoms with E-state index in [1.807, 2.05) is 20.8 Å². The summed E-state index contributed by atoms with van der Waals surface area (Å²) in [6.07, 6.45) is -7.04. The van der Waals surface area contributed by atoms with E-state index in [9.17, 15) is 39.3 Å². The van der Waals surface area contributed by atoms with Crippen molar-refractivity contribution in [3.8, 4) is 0 Å². The third kappa shape index (κ3) is 7.68. The molecule has 16 heteroatoms. The molecule has 1 heterocycles. The standard InChI is InChI=1S/C44H55NO14S/c1-22-28(57-38(52)32(49)31(27-16-13-19-55-27)45-39(53)60-40(4,5)6)21-44(54)36(58-37(51)25-14-11-10-12-15-25)34-42(9,29(48)20-26-17-18-43(26,34)59-24(3)47)35(50)33(56-23(2)46)30(22)41(44,7)8/h10-16,19,26,28-29,31-34,36,48-49,54H,17-18,20-21H2,1-9H3,(H,45,53)/t26-,28+,29+,31+,32-,33-,34+,36+,42-,43+,44-/m1/s1. The largest absolute Gasteiger partial charge is 0.467 e. The zero-order valence-corrected chi connectivity index (χ0v) is 36.1. The van der Waals surface area contributed by atoms with Gasteiger partial charge in [0.2, 0.25) is 0 Å². The summed E-state index contributed by atoms with van der Waals surface area (Å²) in [6, 6.07) is 9.48. The number of carbonyl (C=O) groups is 6. The SMILES string of the molecule is CC(=O)O[C@H]1C(=O)[C@@]2(C)[C@H]([C@H](OC(=O)c3ccccc3)[C@]3(O)C[C@H](OC(=O)[C@H](O)[C@@H](NC(=O)SC(C)(C)C)c4ccco4)C(C)=C1C3(C)C)[C@]1(OC(C)=O)CC[C@@H]1C[C@@H]2O. The first kappa shape index (κ1) is 45.0. The maximum Gasteiger partial charge on any atom is 0.338 e. The van der Waals surface area contributed by atoms with Crippen LogP contribution in [-0.2, 0) is 38.1 Å². The van der Waals surface area contributed by atoms with Crippen molar-refractivity contribution in [1.29, 1.82) is 0 Å². The molecule has 3 fully saturated rings. The van der Waals surface area contributed by atoms with Gasteiger partial charge >= 0.3 is 23.9 Å². The minimum atomic E-state index is -2.34. The van der Waals surface area contributed by atoms with E-state index >= 15 is 4.79 Å². The van der Waals surface area contributed by atoms with Gasteiger partial charge in [-0.2, -0.15) is 0 Å². The molecule has 1 aromatic carbocycles. The molecule has 0 unspecified atom stereocenters. The fraction of sp³-hybridized carbons (Fsp3) is 0.591. The lowest BCUT2D eigenvalue weighted by molar-refractivity contribution is -0.296. The number of fused-ring (bicyclic) bond motifs is 5. The van der Waals surface area contributed by atoms with Crippen molar-refractivity contribution in [3.63, 3.8) is 0 Å². The first-order valence-electron chi connectivity index (χ1n) is 20.1. The van der Waals surface area contributed by atoms with Crippen LogP contribution < -0.4 is 5.32 Å². The van der Waals surface area contributed by atoms with Crippen molar-refractivity contribution in [2.45, 2.75) is 141 Å². The monoisotopic (exact) mass is 853 g/mol. The highest BCUT2D eigenvalue weighted by atomic mass is 32.2. The second-order valence-corrected chi connectivity index (χ2v) is 20.0. The van der Waals surface area contributed by atoms with Crippen molar-refractivity contribution in [1.82, 2.24) is 5.32 Å². The number of hydrogen-bond acceptors (Lipinski definition) is 15. The maximum atomic E-state index is 15.5. The lowest BCUT2D eigenvalue weighted by Crippen LogP contribution is -2.78.